The molecule has 0 aliphatic heterocycles. The van der Waals surface area contributed by atoms with Crippen molar-refractivity contribution in [1.82, 2.24) is 29.8 Å². The van der Waals surface area contributed by atoms with Crippen LogP contribution >= 0.6 is 11.8 Å². The molecule has 9 nitrogen and oxygen atoms in total. The Morgan fingerprint density at radius 1 is 1.33 bits per heavy atom. The van der Waals surface area contributed by atoms with Crippen molar-refractivity contribution in [2.75, 3.05) is 0 Å². The number of primary sulfonamides is 1. The fourth-order valence-electron chi connectivity index (χ4n) is 2.97. The number of rotatable bonds is 8. The maximum Gasteiger partial charge on any atom is 0.238 e. The van der Waals surface area contributed by atoms with Gasteiger partial charge < -0.3 is 4.57 Å². The number of hydrogen-bond donors (Lipinski definition) is 1. The zero-order valence-corrected chi connectivity index (χ0v) is 16.6. The Morgan fingerprint density at radius 3 is 2.85 bits per heavy atom. The van der Waals surface area contributed by atoms with Crippen LogP contribution in [0.3, 0.4) is 0 Å². The number of thioether (sulfide) groups is 1. The molecule has 2 N–H and O–H groups in total. The molecule has 1 aromatic carbocycles. The van der Waals surface area contributed by atoms with Crippen LogP contribution in [0.2, 0.25) is 0 Å². The highest BCUT2D eigenvalue weighted by Gasteiger charge is 2.28. The van der Waals surface area contributed by atoms with Crippen LogP contribution in [0.5, 0.6) is 0 Å². The highest BCUT2D eigenvalue weighted by atomic mass is 32.2. The van der Waals surface area contributed by atoms with Crippen LogP contribution < -0.4 is 5.14 Å². The Labute approximate surface area is 161 Å². The molecular formula is C16H21N7O2S2. The highest BCUT2D eigenvalue weighted by molar-refractivity contribution is 7.98. The molecule has 4 rings (SSSR count). The van der Waals surface area contributed by atoms with Crippen LogP contribution in [0.4, 0.5) is 0 Å². The van der Waals surface area contributed by atoms with E-state index in [1.165, 1.54) is 12.1 Å². The van der Waals surface area contributed by atoms with E-state index >= 15 is 0 Å². The van der Waals surface area contributed by atoms with Gasteiger partial charge in [0.05, 0.1) is 27.7 Å². The van der Waals surface area contributed by atoms with Crippen molar-refractivity contribution in [1.29, 1.82) is 0 Å². The minimum Gasteiger partial charge on any atom is -0.327 e. The summed E-state index contributed by atoms with van der Waals surface area (Å²) < 4.78 is 27.3. The third kappa shape index (κ3) is 3.85. The standard InChI is InChI=1S/C16H21N7O2S2/c1-2-3-8-22-14-7-6-12(27(17,24)25)9-13(14)18-15(22)10-26-16-19-20-21-23(16)11-4-5-11/h6-7,9,11H,2-5,8,10H2,1H3,(H2,17,24,25). The first-order valence-electron chi connectivity index (χ1n) is 8.90. The van der Waals surface area contributed by atoms with Crippen LogP contribution in [0.15, 0.2) is 28.3 Å². The summed E-state index contributed by atoms with van der Waals surface area (Å²) in [6, 6.07) is 5.26. The highest BCUT2D eigenvalue weighted by Crippen LogP contribution is 2.37. The first kappa shape index (κ1) is 18.4. The lowest BCUT2D eigenvalue weighted by atomic mass is 10.3. The van der Waals surface area contributed by atoms with E-state index in [9.17, 15) is 8.42 Å². The molecule has 0 amide bonds. The molecule has 0 spiro atoms. The monoisotopic (exact) mass is 407 g/mol. The van der Waals surface area contributed by atoms with Gasteiger partial charge >= 0.3 is 0 Å². The van der Waals surface area contributed by atoms with Gasteiger partial charge in [0, 0.05) is 6.54 Å². The molecular weight excluding hydrogens is 386 g/mol. The molecule has 11 heteroatoms. The molecule has 1 aliphatic carbocycles. The molecule has 1 fully saturated rings. The number of aromatic nitrogens is 6. The van der Waals surface area contributed by atoms with Gasteiger partial charge in [-0.15, -0.1) is 5.10 Å². The van der Waals surface area contributed by atoms with Gasteiger partial charge in [0.25, 0.3) is 0 Å². The topological polar surface area (TPSA) is 122 Å². The number of hydrogen-bond acceptors (Lipinski definition) is 7. The number of benzene rings is 1. The van der Waals surface area contributed by atoms with Crippen molar-refractivity contribution in [3.63, 3.8) is 0 Å². The number of imidazole rings is 1. The fourth-order valence-corrected chi connectivity index (χ4v) is 4.39. The molecule has 3 aromatic rings. The van der Waals surface area contributed by atoms with Crippen LogP contribution in [-0.2, 0) is 22.3 Å². The lowest BCUT2D eigenvalue weighted by Gasteiger charge is -2.08. The molecule has 0 bridgehead atoms. The Kier molecular flexibility index (Phi) is 4.91. The molecule has 0 unspecified atom stereocenters. The second-order valence-corrected chi connectivity index (χ2v) is 9.16. The van der Waals surface area contributed by atoms with Crippen molar-refractivity contribution < 1.29 is 8.42 Å². The van der Waals surface area contributed by atoms with Crippen LogP contribution in [0.1, 0.15) is 44.5 Å². The van der Waals surface area contributed by atoms with E-state index in [-0.39, 0.29) is 4.90 Å². The summed E-state index contributed by atoms with van der Waals surface area (Å²) in [5.41, 5.74) is 1.54. The second kappa shape index (κ2) is 7.21. The molecule has 0 atom stereocenters. The van der Waals surface area contributed by atoms with Crippen LogP contribution in [0, 0.1) is 0 Å². The Morgan fingerprint density at radius 2 is 2.15 bits per heavy atom. The van der Waals surface area contributed by atoms with E-state index in [4.69, 9.17) is 5.14 Å². The first-order chi connectivity index (χ1) is 13.0. The van der Waals surface area contributed by atoms with Gasteiger partial charge in [-0.05, 0) is 47.9 Å². The predicted octanol–water partition coefficient (Wildman–Crippen LogP) is 2.10. The SMILES string of the molecule is CCCCn1c(CSc2nnnn2C2CC2)nc2cc(S(N)(=O)=O)ccc21. The van der Waals surface area contributed by atoms with E-state index in [2.05, 4.69) is 32.0 Å². The quantitative estimate of drug-likeness (QED) is 0.567. The minimum absolute atomic E-state index is 0.0759. The molecule has 1 aliphatic rings. The molecule has 1 saturated carbocycles. The van der Waals surface area contributed by atoms with E-state index < -0.39 is 10.0 Å². The van der Waals surface area contributed by atoms with Crippen molar-refractivity contribution in [3.05, 3.63) is 24.0 Å². The fraction of sp³-hybridized carbons (Fsp3) is 0.500. The normalized spacial score (nSPS) is 14.9. The van der Waals surface area contributed by atoms with Gasteiger partial charge in [0.15, 0.2) is 0 Å². The Bertz CT molecular complexity index is 1070. The number of fused-ring (bicyclic) bond motifs is 1. The van der Waals surface area contributed by atoms with E-state index in [0.717, 1.165) is 48.7 Å². The lowest BCUT2D eigenvalue weighted by Crippen LogP contribution is -2.11. The van der Waals surface area contributed by atoms with E-state index in [0.29, 0.717) is 17.3 Å². The summed E-state index contributed by atoms with van der Waals surface area (Å²) in [7, 11) is -3.76. The average molecular weight is 408 g/mol. The van der Waals surface area contributed by atoms with Crippen LogP contribution in [0.25, 0.3) is 11.0 Å². The maximum atomic E-state index is 11.6. The van der Waals surface area contributed by atoms with Gasteiger partial charge in [-0.2, -0.15) is 0 Å². The second-order valence-electron chi connectivity index (χ2n) is 6.65. The summed E-state index contributed by atoms with van der Waals surface area (Å²) >= 11 is 1.55. The first-order valence-corrected chi connectivity index (χ1v) is 11.4. The van der Waals surface area contributed by atoms with Gasteiger partial charge in [0.1, 0.15) is 5.82 Å². The Hall–Kier alpha value is -1.98. The van der Waals surface area contributed by atoms with Crippen molar-refractivity contribution in [3.8, 4) is 0 Å². The number of nitrogens with zero attached hydrogens (tertiary/aromatic N) is 6. The largest absolute Gasteiger partial charge is 0.327 e. The summed E-state index contributed by atoms with van der Waals surface area (Å²) in [5, 5.41) is 18.0. The summed E-state index contributed by atoms with van der Waals surface area (Å²) in [5.74, 6) is 1.48. The van der Waals surface area contributed by atoms with Crippen molar-refractivity contribution in [2.24, 2.45) is 5.14 Å². The molecule has 144 valence electrons. The predicted molar refractivity (Wildman–Crippen MR) is 102 cm³/mol. The third-order valence-electron chi connectivity index (χ3n) is 4.55. The zero-order valence-electron chi connectivity index (χ0n) is 14.9. The average Bonchev–Trinajstić information content (AvgIpc) is 3.26. The molecule has 0 radical (unpaired) electrons. The number of aryl methyl sites for hydroxylation is 1. The minimum atomic E-state index is -3.76. The van der Waals surface area contributed by atoms with Crippen molar-refractivity contribution >= 4 is 32.8 Å². The summed E-state index contributed by atoms with van der Waals surface area (Å²) in [6.07, 6.45) is 4.30. The Balaban J connectivity index is 1.66. The molecule has 2 heterocycles. The number of sulfonamides is 1. The number of nitrogens with two attached hydrogens (primary N) is 1. The third-order valence-corrected chi connectivity index (χ3v) is 6.39. The zero-order chi connectivity index (χ0) is 19.0. The summed E-state index contributed by atoms with van der Waals surface area (Å²) in [6.45, 7) is 2.96. The molecule has 2 aromatic heterocycles. The smallest absolute Gasteiger partial charge is 0.238 e. The van der Waals surface area contributed by atoms with Crippen molar-refractivity contribution in [2.45, 2.75) is 61.0 Å². The summed E-state index contributed by atoms with van der Waals surface area (Å²) in [4.78, 5) is 4.75. The number of tetrazole rings is 1. The van der Waals surface area contributed by atoms with Gasteiger partial charge in [0.2, 0.25) is 15.2 Å². The van der Waals surface area contributed by atoms with Crippen LogP contribution in [-0.4, -0.2) is 38.2 Å². The van der Waals surface area contributed by atoms with Gasteiger partial charge in [-0.25, -0.2) is 23.2 Å². The lowest BCUT2D eigenvalue weighted by molar-refractivity contribution is 0.565. The number of unbranched alkanes of at least 4 members (excludes halogenated alkanes) is 1. The molecule has 0 saturated heterocycles. The van der Waals surface area contributed by atoms with E-state index in [1.807, 2.05) is 4.68 Å². The maximum absolute atomic E-state index is 11.6. The van der Waals surface area contributed by atoms with E-state index in [1.54, 1.807) is 17.8 Å². The van der Waals surface area contributed by atoms with Gasteiger partial charge in [-0.3, -0.25) is 0 Å². The molecule has 27 heavy (non-hydrogen) atoms. The van der Waals surface area contributed by atoms with Gasteiger partial charge in [-0.1, -0.05) is 25.1 Å².